The first-order valence-corrected chi connectivity index (χ1v) is 17.2. The minimum atomic E-state index is -3.66. The van der Waals surface area contributed by atoms with Crippen LogP contribution >= 0.6 is 11.6 Å². The average molecular weight is 640 g/mol. The largest absolute Gasteiger partial charge is 0.454 e. The van der Waals surface area contributed by atoms with Crippen LogP contribution in [0.5, 0.6) is 11.5 Å². The number of amides is 2. The van der Waals surface area contributed by atoms with E-state index >= 15 is 0 Å². The molecule has 3 aromatic rings. The summed E-state index contributed by atoms with van der Waals surface area (Å²) < 4.78 is 37.6. The third-order valence-corrected chi connectivity index (χ3v) is 9.63. The van der Waals surface area contributed by atoms with Crippen LogP contribution in [-0.2, 0) is 32.6 Å². The molecule has 5 rings (SSSR count). The number of sulfonamides is 1. The molecule has 0 aromatic heterocycles. The number of ether oxygens (including phenoxy) is 2. The fourth-order valence-electron chi connectivity index (χ4n) is 5.78. The summed E-state index contributed by atoms with van der Waals surface area (Å²) in [5, 5.41) is 3.70. The van der Waals surface area contributed by atoms with Gasteiger partial charge in [-0.05, 0) is 48.6 Å². The van der Waals surface area contributed by atoms with E-state index in [0.717, 1.165) is 43.1 Å². The van der Waals surface area contributed by atoms with Crippen LogP contribution in [0, 0.1) is 0 Å². The summed E-state index contributed by atoms with van der Waals surface area (Å²) >= 11 is 6.53. The number of fused-ring (bicyclic) bond motifs is 1. The van der Waals surface area contributed by atoms with Crippen molar-refractivity contribution >= 4 is 39.1 Å². The molecule has 9 nitrogen and oxygen atoms in total. The second kappa shape index (κ2) is 14.3. The van der Waals surface area contributed by atoms with Crippen LogP contribution in [-0.4, -0.2) is 56.8 Å². The molecule has 11 heteroatoms. The number of nitrogens with zero attached hydrogens (tertiary/aromatic N) is 2. The molecule has 0 unspecified atom stereocenters. The second-order valence-electron chi connectivity index (χ2n) is 11.3. The van der Waals surface area contributed by atoms with Gasteiger partial charge in [0.25, 0.3) is 0 Å². The topological polar surface area (TPSA) is 105 Å². The highest BCUT2D eigenvalue weighted by atomic mass is 35.5. The fourth-order valence-corrected chi connectivity index (χ4v) is 6.93. The smallest absolute Gasteiger partial charge is 0.243 e. The summed E-state index contributed by atoms with van der Waals surface area (Å²) in [5.41, 5.74) is 2.09. The zero-order valence-corrected chi connectivity index (χ0v) is 26.4. The molecule has 2 amide bonds. The highest BCUT2D eigenvalue weighted by Gasteiger charge is 2.32. The Morgan fingerprint density at radius 1 is 0.977 bits per heavy atom. The Bertz CT molecular complexity index is 1560. The van der Waals surface area contributed by atoms with E-state index < -0.39 is 16.1 Å². The molecule has 1 aliphatic heterocycles. The lowest BCUT2D eigenvalue weighted by Crippen LogP contribution is -2.52. The summed E-state index contributed by atoms with van der Waals surface area (Å²) in [7, 11) is -3.66. The Balaban J connectivity index is 1.38. The molecular formula is C33H38ClN3O6S. The number of anilines is 1. The summed E-state index contributed by atoms with van der Waals surface area (Å²) in [4.78, 5) is 29.5. The van der Waals surface area contributed by atoms with Gasteiger partial charge in [-0.15, -0.1) is 0 Å². The molecule has 0 bridgehead atoms. The van der Waals surface area contributed by atoms with Crippen LogP contribution in [0.25, 0.3) is 0 Å². The van der Waals surface area contributed by atoms with Crippen molar-refractivity contribution in [1.82, 2.24) is 10.2 Å². The Labute approximate surface area is 264 Å². The maximum absolute atomic E-state index is 14.1. The molecule has 1 fully saturated rings. The Hall–Kier alpha value is -3.76. The fraction of sp³-hybridized carbons (Fsp3) is 0.394. The number of hydrogen-bond acceptors (Lipinski definition) is 6. The quantitative estimate of drug-likeness (QED) is 0.272. The Morgan fingerprint density at radius 3 is 2.41 bits per heavy atom. The van der Waals surface area contributed by atoms with Gasteiger partial charge in [0.2, 0.25) is 28.6 Å². The lowest BCUT2D eigenvalue weighted by atomic mass is 10.0. The van der Waals surface area contributed by atoms with Crippen LogP contribution in [0.2, 0.25) is 5.02 Å². The van der Waals surface area contributed by atoms with Crippen LogP contribution in [0.3, 0.4) is 0 Å². The van der Waals surface area contributed by atoms with Crippen molar-refractivity contribution in [3.63, 3.8) is 0 Å². The first-order valence-electron chi connectivity index (χ1n) is 14.9. The standard InChI is InChI=1S/C33H38ClN3O6S/c1-44(40,41)37(27-17-18-30-31(21-27)43-23-42-30)19-9-16-32(38)36(22-25-12-5-8-15-28(25)34)29(20-24-10-3-2-4-11-24)33(39)35-26-13-6-7-14-26/h2-5,8,10-12,15,17-18,21,26,29H,6-7,9,13-14,16,19-20,22-23H2,1H3,(H,35,39)/t29-/m1/s1. The van der Waals surface area contributed by atoms with E-state index in [1.807, 2.05) is 48.5 Å². The van der Waals surface area contributed by atoms with Crippen LogP contribution in [0.1, 0.15) is 49.7 Å². The molecule has 1 atom stereocenters. The van der Waals surface area contributed by atoms with Gasteiger partial charge in [0.05, 0.1) is 11.9 Å². The number of carbonyl (C=O) groups is 2. The third-order valence-electron chi connectivity index (χ3n) is 8.07. The number of halogens is 1. The molecule has 0 saturated heterocycles. The van der Waals surface area contributed by atoms with Crippen molar-refractivity contribution in [3.05, 3.63) is 88.9 Å². The predicted octanol–water partition coefficient (Wildman–Crippen LogP) is 5.31. The van der Waals surface area contributed by atoms with E-state index in [-0.39, 0.29) is 50.6 Å². The number of nitrogens with one attached hydrogen (secondary N) is 1. The zero-order valence-electron chi connectivity index (χ0n) is 24.8. The second-order valence-corrected chi connectivity index (χ2v) is 13.6. The lowest BCUT2D eigenvalue weighted by molar-refractivity contribution is -0.141. The van der Waals surface area contributed by atoms with Gasteiger partial charge in [-0.25, -0.2) is 8.42 Å². The number of benzene rings is 3. The van der Waals surface area contributed by atoms with Crippen LogP contribution in [0.15, 0.2) is 72.8 Å². The van der Waals surface area contributed by atoms with E-state index in [9.17, 15) is 18.0 Å². The summed E-state index contributed by atoms with van der Waals surface area (Å²) in [6, 6.07) is 21.2. The molecule has 2 aliphatic rings. The van der Waals surface area contributed by atoms with E-state index in [4.69, 9.17) is 21.1 Å². The van der Waals surface area contributed by atoms with Gasteiger partial charge >= 0.3 is 0 Å². The SMILES string of the molecule is CS(=O)(=O)N(CCCC(=O)N(Cc1ccccc1Cl)[C@H](Cc1ccccc1)C(=O)NC1CCCC1)c1ccc2c(c1)OCO2. The number of carbonyl (C=O) groups excluding carboxylic acids is 2. The van der Waals surface area contributed by atoms with Gasteiger partial charge in [0.1, 0.15) is 6.04 Å². The number of hydrogen-bond donors (Lipinski definition) is 1. The molecular weight excluding hydrogens is 602 g/mol. The van der Waals surface area contributed by atoms with Crippen molar-refractivity contribution in [2.24, 2.45) is 0 Å². The van der Waals surface area contributed by atoms with Gasteiger partial charge < -0.3 is 19.7 Å². The molecule has 234 valence electrons. The molecule has 1 N–H and O–H groups in total. The van der Waals surface area contributed by atoms with Crippen molar-refractivity contribution in [3.8, 4) is 11.5 Å². The Morgan fingerprint density at radius 2 is 1.68 bits per heavy atom. The highest BCUT2D eigenvalue weighted by molar-refractivity contribution is 7.92. The monoisotopic (exact) mass is 639 g/mol. The molecule has 3 aromatic carbocycles. The summed E-state index contributed by atoms with van der Waals surface area (Å²) in [6.07, 6.45) is 5.71. The van der Waals surface area contributed by atoms with Crippen LogP contribution < -0.4 is 19.1 Å². The maximum atomic E-state index is 14.1. The van der Waals surface area contributed by atoms with E-state index in [1.54, 1.807) is 29.2 Å². The van der Waals surface area contributed by atoms with Crippen molar-refractivity contribution in [1.29, 1.82) is 0 Å². The third kappa shape index (κ3) is 8.04. The van der Waals surface area contributed by atoms with Gasteiger partial charge in [-0.2, -0.15) is 0 Å². The lowest BCUT2D eigenvalue weighted by Gasteiger charge is -2.33. The van der Waals surface area contributed by atoms with Crippen molar-refractivity contribution in [2.75, 3.05) is 23.9 Å². The zero-order chi connectivity index (χ0) is 31.1. The molecule has 44 heavy (non-hydrogen) atoms. The Kier molecular flexibility index (Phi) is 10.3. The van der Waals surface area contributed by atoms with E-state index in [1.165, 1.54) is 4.31 Å². The molecule has 1 heterocycles. The molecule has 0 spiro atoms. The average Bonchev–Trinajstić information content (AvgIpc) is 3.69. The number of rotatable bonds is 13. The first-order chi connectivity index (χ1) is 21.2. The molecule has 1 saturated carbocycles. The van der Waals surface area contributed by atoms with Crippen molar-refractivity contribution < 1.29 is 27.5 Å². The maximum Gasteiger partial charge on any atom is 0.243 e. The van der Waals surface area contributed by atoms with Gasteiger partial charge in [0.15, 0.2) is 11.5 Å². The van der Waals surface area contributed by atoms with E-state index in [0.29, 0.717) is 28.6 Å². The summed E-state index contributed by atoms with van der Waals surface area (Å²) in [6.45, 7) is 0.291. The minimum Gasteiger partial charge on any atom is -0.454 e. The van der Waals surface area contributed by atoms with Gasteiger partial charge in [-0.1, -0.05) is 73.0 Å². The summed E-state index contributed by atoms with van der Waals surface area (Å²) in [5.74, 6) is 0.564. The first kappa shape index (κ1) is 31.7. The minimum absolute atomic E-state index is 0.0308. The highest BCUT2D eigenvalue weighted by Crippen LogP contribution is 2.36. The van der Waals surface area contributed by atoms with Crippen molar-refractivity contribution in [2.45, 2.75) is 63.6 Å². The predicted molar refractivity (Wildman–Crippen MR) is 170 cm³/mol. The van der Waals surface area contributed by atoms with Crippen LogP contribution in [0.4, 0.5) is 5.69 Å². The molecule has 1 aliphatic carbocycles. The molecule has 0 radical (unpaired) electrons. The van der Waals surface area contributed by atoms with Gasteiger partial charge in [-0.3, -0.25) is 13.9 Å². The normalized spacial score (nSPS) is 15.1. The van der Waals surface area contributed by atoms with Gasteiger partial charge in [0, 0.05) is 43.1 Å². The van der Waals surface area contributed by atoms with E-state index in [2.05, 4.69) is 5.32 Å².